The number of fused-ring (bicyclic) bond motifs is 2. The quantitative estimate of drug-likeness (QED) is 0.613. The van der Waals surface area contributed by atoms with Crippen LogP contribution in [0, 0.1) is 0 Å². The van der Waals surface area contributed by atoms with Gasteiger partial charge < -0.3 is 5.32 Å². The Balaban J connectivity index is 1.56. The molecule has 0 spiro atoms. The molecule has 0 fully saturated rings. The van der Waals surface area contributed by atoms with Crippen LogP contribution < -0.4 is 5.32 Å². The van der Waals surface area contributed by atoms with Crippen molar-refractivity contribution < 1.29 is 14.4 Å². The summed E-state index contributed by atoms with van der Waals surface area (Å²) in [6.07, 6.45) is 3.18. The standard InChI is InChI=1S/C20H17Cl2N5O3/c1-9(2)27-17-11(7-24-27)4-12(8-23-17)25-18(28)10(3)26-19(29)13-5-15(21)16(22)6-14(13)20(26)30/h4-10H,1-3H3,(H,25,28)/t10-/m0/s1. The molecule has 3 aromatic rings. The van der Waals surface area contributed by atoms with Gasteiger partial charge >= 0.3 is 0 Å². The number of anilines is 1. The second kappa shape index (κ2) is 7.37. The minimum absolute atomic E-state index is 0.123. The third-order valence-electron chi connectivity index (χ3n) is 4.92. The highest BCUT2D eigenvalue weighted by Crippen LogP contribution is 2.32. The molecule has 30 heavy (non-hydrogen) atoms. The lowest BCUT2D eigenvalue weighted by Gasteiger charge is -2.21. The number of nitrogens with zero attached hydrogens (tertiary/aromatic N) is 4. The molecule has 10 heteroatoms. The number of imide groups is 1. The zero-order valence-corrected chi connectivity index (χ0v) is 17.8. The van der Waals surface area contributed by atoms with E-state index in [4.69, 9.17) is 23.2 Å². The summed E-state index contributed by atoms with van der Waals surface area (Å²) >= 11 is 11.9. The molecule has 3 amide bonds. The van der Waals surface area contributed by atoms with Gasteiger partial charge in [-0.3, -0.25) is 19.3 Å². The molecule has 1 N–H and O–H groups in total. The highest BCUT2D eigenvalue weighted by Gasteiger charge is 2.41. The summed E-state index contributed by atoms with van der Waals surface area (Å²) < 4.78 is 1.78. The van der Waals surface area contributed by atoms with Gasteiger partial charge in [-0.15, -0.1) is 0 Å². The average Bonchev–Trinajstić information content (AvgIpc) is 3.21. The normalized spacial score (nSPS) is 14.5. The number of hydrogen-bond acceptors (Lipinski definition) is 5. The van der Waals surface area contributed by atoms with E-state index in [0.717, 1.165) is 10.3 Å². The van der Waals surface area contributed by atoms with Crippen LogP contribution in [0.2, 0.25) is 10.0 Å². The van der Waals surface area contributed by atoms with E-state index < -0.39 is 23.8 Å². The number of carbonyl (C=O) groups excluding carboxylic acids is 3. The van der Waals surface area contributed by atoms with Crippen LogP contribution in [0.25, 0.3) is 11.0 Å². The van der Waals surface area contributed by atoms with Gasteiger partial charge in [0.25, 0.3) is 11.8 Å². The maximum absolute atomic E-state index is 12.8. The number of hydrogen-bond donors (Lipinski definition) is 1. The number of halogens is 2. The Morgan fingerprint density at radius 1 is 1.00 bits per heavy atom. The van der Waals surface area contributed by atoms with Crippen molar-refractivity contribution in [2.24, 2.45) is 0 Å². The zero-order valence-electron chi connectivity index (χ0n) is 16.3. The minimum atomic E-state index is -1.05. The fourth-order valence-corrected chi connectivity index (χ4v) is 3.68. The number of aromatic nitrogens is 3. The van der Waals surface area contributed by atoms with Gasteiger partial charge in [-0.05, 0) is 39.0 Å². The van der Waals surface area contributed by atoms with Crippen molar-refractivity contribution in [2.75, 3.05) is 5.32 Å². The molecule has 0 unspecified atom stereocenters. The maximum atomic E-state index is 12.8. The van der Waals surface area contributed by atoms with Crippen molar-refractivity contribution >= 4 is 57.6 Å². The van der Waals surface area contributed by atoms with Gasteiger partial charge in [-0.25, -0.2) is 9.67 Å². The van der Waals surface area contributed by atoms with Crippen LogP contribution in [0.1, 0.15) is 47.5 Å². The Morgan fingerprint density at radius 2 is 1.60 bits per heavy atom. The minimum Gasteiger partial charge on any atom is -0.323 e. The van der Waals surface area contributed by atoms with Crippen LogP contribution in [-0.4, -0.2) is 43.4 Å². The number of rotatable bonds is 4. The fourth-order valence-electron chi connectivity index (χ4n) is 3.35. The first-order valence-corrected chi connectivity index (χ1v) is 9.95. The Bertz CT molecular complexity index is 1180. The fraction of sp³-hybridized carbons (Fsp3) is 0.250. The van der Waals surface area contributed by atoms with Crippen molar-refractivity contribution in [1.29, 1.82) is 0 Å². The van der Waals surface area contributed by atoms with E-state index in [-0.39, 0.29) is 27.2 Å². The van der Waals surface area contributed by atoms with Crippen LogP contribution in [0.4, 0.5) is 5.69 Å². The third-order valence-corrected chi connectivity index (χ3v) is 5.64. The molecule has 154 valence electrons. The van der Waals surface area contributed by atoms with E-state index >= 15 is 0 Å². The van der Waals surface area contributed by atoms with Gasteiger partial charge in [-0.1, -0.05) is 23.2 Å². The Kier molecular flexibility index (Phi) is 4.99. The van der Waals surface area contributed by atoms with E-state index in [1.165, 1.54) is 25.3 Å². The highest BCUT2D eigenvalue weighted by atomic mass is 35.5. The van der Waals surface area contributed by atoms with E-state index in [0.29, 0.717) is 11.3 Å². The van der Waals surface area contributed by atoms with Gasteiger partial charge in [0, 0.05) is 11.4 Å². The summed E-state index contributed by atoms with van der Waals surface area (Å²) in [7, 11) is 0. The SMILES string of the molecule is CC(C)n1ncc2cc(NC(=O)[C@H](C)N3C(=O)c4cc(Cl)c(Cl)cc4C3=O)cnc21. The molecule has 2 aromatic heterocycles. The molecule has 1 aliphatic heterocycles. The second-order valence-electron chi connectivity index (χ2n) is 7.28. The first kappa shape index (κ1) is 20.3. The molecule has 1 atom stereocenters. The highest BCUT2D eigenvalue weighted by molar-refractivity contribution is 6.43. The summed E-state index contributed by atoms with van der Waals surface area (Å²) in [5.41, 5.74) is 1.38. The Labute approximate surface area is 181 Å². The van der Waals surface area contributed by atoms with Crippen LogP contribution in [-0.2, 0) is 4.79 Å². The smallest absolute Gasteiger partial charge is 0.262 e. The molecule has 0 bridgehead atoms. The monoisotopic (exact) mass is 445 g/mol. The van der Waals surface area contributed by atoms with E-state index in [1.807, 2.05) is 13.8 Å². The van der Waals surface area contributed by atoms with E-state index in [1.54, 1.807) is 16.9 Å². The summed E-state index contributed by atoms with van der Waals surface area (Å²) in [5, 5.41) is 8.09. The summed E-state index contributed by atoms with van der Waals surface area (Å²) in [6.45, 7) is 5.46. The van der Waals surface area contributed by atoms with E-state index in [9.17, 15) is 14.4 Å². The summed E-state index contributed by atoms with van der Waals surface area (Å²) in [5.74, 6) is -1.72. The van der Waals surface area contributed by atoms with Crippen LogP contribution in [0.3, 0.4) is 0 Å². The van der Waals surface area contributed by atoms with E-state index in [2.05, 4.69) is 15.4 Å². The van der Waals surface area contributed by atoms with Crippen LogP contribution in [0.5, 0.6) is 0 Å². The van der Waals surface area contributed by atoms with Gasteiger partial charge in [0.2, 0.25) is 5.91 Å². The maximum Gasteiger partial charge on any atom is 0.262 e. The lowest BCUT2D eigenvalue weighted by molar-refractivity contribution is -0.119. The molecule has 3 heterocycles. The molecule has 1 aromatic carbocycles. The zero-order chi connectivity index (χ0) is 21.7. The second-order valence-corrected chi connectivity index (χ2v) is 8.09. The molecule has 0 aliphatic carbocycles. The number of benzene rings is 1. The van der Waals surface area contributed by atoms with Crippen molar-refractivity contribution in [2.45, 2.75) is 32.9 Å². The molecule has 0 radical (unpaired) electrons. The molecular formula is C20H17Cl2N5O3. The lowest BCUT2D eigenvalue weighted by atomic mass is 10.1. The Morgan fingerprint density at radius 3 is 2.17 bits per heavy atom. The molecular weight excluding hydrogens is 429 g/mol. The van der Waals surface area contributed by atoms with Crippen molar-refractivity contribution in [3.8, 4) is 0 Å². The molecule has 0 saturated carbocycles. The molecule has 4 rings (SSSR count). The van der Waals surface area contributed by atoms with Crippen molar-refractivity contribution in [1.82, 2.24) is 19.7 Å². The number of amides is 3. The van der Waals surface area contributed by atoms with Crippen molar-refractivity contribution in [3.05, 3.63) is 51.8 Å². The first-order valence-electron chi connectivity index (χ1n) is 9.20. The summed E-state index contributed by atoms with van der Waals surface area (Å²) in [4.78, 5) is 43.4. The number of pyridine rings is 1. The van der Waals surface area contributed by atoms with Gasteiger partial charge in [0.1, 0.15) is 6.04 Å². The first-order chi connectivity index (χ1) is 14.2. The predicted octanol–water partition coefficient (Wildman–Crippen LogP) is 3.94. The van der Waals surface area contributed by atoms with Gasteiger partial charge in [0.15, 0.2) is 5.65 Å². The number of nitrogens with one attached hydrogen (secondary N) is 1. The number of carbonyl (C=O) groups is 3. The Hall–Kier alpha value is -2.97. The largest absolute Gasteiger partial charge is 0.323 e. The third kappa shape index (κ3) is 3.22. The molecule has 0 saturated heterocycles. The molecule has 8 nitrogen and oxygen atoms in total. The lowest BCUT2D eigenvalue weighted by Crippen LogP contribution is -2.45. The average molecular weight is 446 g/mol. The summed E-state index contributed by atoms with van der Waals surface area (Å²) in [6, 6.07) is 3.51. The van der Waals surface area contributed by atoms with Crippen molar-refractivity contribution in [3.63, 3.8) is 0 Å². The molecule has 1 aliphatic rings. The van der Waals surface area contributed by atoms with Gasteiger partial charge in [0.05, 0.1) is 39.3 Å². The topological polar surface area (TPSA) is 97.2 Å². The van der Waals surface area contributed by atoms with Crippen LogP contribution in [0.15, 0.2) is 30.6 Å². The predicted molar refractivity (Wildman–Crippen MR) is 113 cm³/mol. The van der Waals surface area contributed by atoms with Crippen LogP contribution >= 0.6 is 23.2 Å². The van der Waals surface area contributed by atoms with Gasteiger partial charge in [-0.2, -0.15) is 5.10 Å².